The van der Waals surface area contributed by atoms with Gasteiger partial charge in [0.15, 0.2) is 0 Å². The Hall–Kier alpha value is -1.87. The number of carbonyl (C=O) groups excluding carboxylic acids is 1. The number of halogens is 13. The number of thioether (sulfide) groups is 1. The quantitative estimate of drug-likeness (QED) is 0.0364. The van der Waals surface area contributed by atoms with Gasteiger partial charge in [0.05, 0.1) is 0 Å². The van der Waals surface area contributed by atoms with Crippen LogP contribution < -0.4 is 4.74 Å². The van der Waals surface area contributed by atoms with Crippen molar-refractivity contribution in [1.29, 1.82) is 0 Å². The first-order valence-corrected chi connectivity index (χ1v) is 20.0. The molecule has 0 fully saturated rings. The van der Waals surface area contributed by atoms with E-state index in [1.807, 2.05) is 13.8 Å². The minimum Gasteiger partial charge on any atom is -0.426 e. The fraction of sp³-hybridized carbons (Fsp3) is 0.816. The minimum atomic E-state index is -7.92. The van der Waals surface area contributed by atoms with Crippen molar-refractivity contribution in [3.05, 3.63) is 28.8 Å². The summed E-state index contributed by atoms with van der Waals surface area (Å²) < 4.78 is 181. The van der Waals surface area contributed by atoms with Gasteiger partial charge in [-0.2, -0.15) is 68.8 Å². The number of alkyl halides is 13. The molecule has 0 amide bonds. The van der Waals surface area contributed by atoms with E-state index in [2.05, 4.69) is 6.92 Å². The van der Waals surface area contributed by atoms with Crippen molar-refractivity contribution in [2.45, 2.75) is 191 Å². The van der Waals surface area contributed by atoms with Crippen molar-refractivity contribution in [3.63, 3.8) is 0 Å². The lowest BCUT2D eigenvalue weighted by Gasteiger charge is -2.39. The number of hydrogen-bond acceptors (Lipinski definition) is 3. The highest BCUT2D eigenvalue weighted by molar-refractivity contribution is 7.98. The summed E-state index contributed by atoms with van der Waals surface area (Å²) in [4.78, 5) is 12.7. The predicted molar refractivity (Wildman–Crippen MR) is 187 cm³/mol. The van der Waals surface area contributed by atoms with E-state index < -0.39 is 53.9 Å². The van der Waals surface area contributed by atoms with Crippen LogP contribution in [0.15, 0.2) is 12.1 Å². The van der Waals surface area contributed by atoms with Crippen LogP contribution in [0.4, 0.5) is 57.1 Å². The van der Waals surface area contributed by atoms with Crippen molar-refractivity contribution in [3.8, 4) is 5.75 Å². The molecule has 0 aromatic heterocycles. The molecule has 0 saturated carbocycles. The van der Waals surface area contributed by atoms with Gasteiger partial charge < -0.3 is 4.74 Å². The number of ether oxygens (including phenoxy) is 1. The normalized spacial score (nSPS) is 14.1. The van der Waals surface area contributed by atoms with E-state index in [9.17, 15) is 61.9 Å². The zero-order chi connectivity index (χ0) is 41.4. The van der Waals surface area contributed by atoms with Crippen molar-refractivity contribution in [2.75, 3.05) is 5.75 Å². The van der Waals surface area contributed by atoms with Crippen LogP contribution in [-0.4, -0.2) is 47.5 Å². The lowest BCUT2D eigenvalue weighted by molar-refractivity contribution is -0.439. The molecular formula is C38H55F13O2S. The molecule has 0 aliphatic rings. The molecule has 1 unspecified atom stereocenters. The van der Waals surface area contributed by atoms with Gasteiger partial charge in [-0.05, 0) is 42.6 Å². The maximum Gasteiger partial charge on any atom is 0.460 e. The highest BCUT2D eigenvalue weighted by atomic mass is 32.2. The molecule has 0 aliphatic carbocycles. The first-order chi connectivity index (χ1) is 24.9. The molecule has 2 nitrogen and oxygen atoms in total. The molecular weight excluding hydrogens is 767 g/mol. The second kappa shape index (κ2) is 22.2. The predicted octanol–water partition coefficient (Wildman–Crippen LogP) is 15.0. The van der Waals surface area contributed by atoms with Gasteiger partial charge in [0.2, 0.25) is 0 Å². The van der Waals surface area contributed by atoms with Gasteiger partial charge in [-0.3, -0.25) is 4.79 Å². The molecule has 0 bridgehead atoms. The van der Waals surface area contributed by atoms with Crippen molar-refractivity contribution in [2.24, 2.45) is 0 Å². The number of unbranched alkanes of at least 4 members (excludes halogenated alkanes) is 14. The molecule has 0 spiro atoms. The highest BCUT2D eigenvalue weighted by Gasteiger charge is 2.90. The minimum absolute atomic E-state index is 0.0285. The largest absolute Gasteiger partial charge is 0.460 e. The summed E-state index contributed by atoms with van der Waals surface area (Å²) in [5, 5.41) is 0. The summed E-state index contributed by atoms with van der Waals surface area (Å²) in [6.07, 6.45) is 8.03. The zero-order valence-electron chi connectivity index (χ0n) is 31.5. The van der Waals surface area contributed by atoms with Crippen LogP contribution in [0.1, 0.15) is 159 Å². The van der Waals surface area contributed by atoms with Crippen molar-refractivity contribution >= 4 is 17.7 Å². The summed E-state index contributed by atoms with van der Waals surface area (Å²) in [5.74, 6) is -38.9. The summed E-state index contributed by atoms with van der Waals surface area (Å²) in [5.41, 5.74) is 1.49. The van der Waals surface area contributed by atoms with E-state index in [1.165, 1.54) is 57.8 Å². The summed E-state index contributed by atoms with van der Waals surface area (Å²) in [7, 11) is 0. The van der Waals surface area contributed by atoms with Gasteiger partial charge in [-0.1, -0.05) is 123 Å². The lowest BCUT2D eigenvalue weighted by Crippen LogP contribution is -2.70. The first-order valence-electron chi connectivity index (χ1n) is 18.8. The zero-order valence-corrected chi connectivity index (χ0v) is 32.3. The standard InChI is InChI=1S/C38H55F13O2S/c1-5-7-8-9-10-11-12-13-14-15-16-17-18-19-20-21-31(52)53-32-28(4)24-29(27(3)6-2)25-30(32)26-54-23-22-33(39,40)34(41,42)35(43,44)36(45,46)37(47,48)38(49,50)51/h24-25,27H,5-23,26H2,1-4H3. The second-order valence-electron chi connectivity index (χ2n) is 14.1. The Balaban J connectivity index is 2.77. The van der Waals surface area contributed by atoms with Gasteiger partial charge in [-0.15, -0.1) is 0 Å². The van der Waals surface area contributed by atoms with Gasteiger partial charge >= 0.3 is 41.8 Å². The van der Waals surface area contributed by atoms with E-state index in [0.29, 0.717) is 30.2 Å². The van der Waals surface area contributed by atoms with E-state index in [-0.39, 0.29) is 29.4 Å². The Morgan fingerprint density at radius 3 is 1.54 bits per heavy atom. The van der Waals surface area contributed by atoms with Gasteiger partial charge in [0.1, 0.15) is 5.75 Å². The van der Waals surface area contributed by atoms with Gasteiger partial charge in [0.25, 0.3) is 0 Å². The molecule has 16 heteroatoms. The number of hydrogen-bond donors (Lipinski definition) is 0. The Bertz CT molecular complexity index is 1250. The Morgan fingerprint density at radius 1 is 0.648 bits per heavy atom. The topological polar surface area (TPSA) is 26.3 Å². The molecule has 1 rings (SSSR count). The summed E-state index contributed by atoms with van der Waals surface area (Å²) >= 11 is 0.430. The molecule has 0 radical (unpaired) electrons. The number of aryl methyl sites for hydroxylation is 1. The Kier molecular flexibility index (Phi) is 20.6. The molecule has 316 valence electrons. The summed E-state index contributed by atoms with van der Waals surface area (Å²) in [6, 6.07) is 3.33. The molecule has 0 heterocycles. The molecule has 0 N–H and O–H groups in total. The average Bonchev–Trinajstić information content (AvgIpc) is 3.08. The first kappa shape index (κ1) is 50.1. The molecule has 0 saturated heterocycles. The smallest absolute Gasteiger partial charge is 0.426 e. The van der Waals surface area contributed by atoms with Crippen LogP contribution in [-0.2, 0) is 10.5 Å². The van der Waals surface area contributed by atoms with E-state index in [1.54, 1.807) is 19.1 Å². The fourth-order valence-corrected chi connectivity index (χ4v) is 6.78. The maximum absolute atomic E-state index is 14.3. The Labute approximate surface area is 315 Å². The molecule has 54 heavy (non-hydrogen) atoms. The van der Waals surface area contributed by atoms with Crippen LogP contribution in [0.5, 0.6) is 5.75 Å². The molecule has 1 aromatic carbocycles. The fourth-order valence-electron chi connectivity index (χ4n) is 5.80. The van der Waals surface area contributed by atoms with Crippen molar-refractivity contribution < 1.29 is 66.6 Å². The van der Waals surface area contributed by atoms with Crippen LogP contribution in [0, 0.1) is 6.92 Å². The number of rotatable bonds is 28. The van der Waals surface area contributed by atoms with E-state index in [0.717, 1.165) is 37.7 Å². The summed E-state index contributed by atoms with van der Waals surface area (Å²) in [6.45, 7) is 7.57. The van der Waals surface area contributed by atoms with E-state index in [4.69, 9.17) is 4.74 Å². The maximum atomic E-state index is 14.3. The van der Waals surface area contributed by atoms with Crippen LogP contribution >= 0.6 is 11.8 Å². The average molecular weight is 823 g/mol. The van der Waals surface area contributed by atoms with Gasteiger partial charge in [0, 0.05) is 24.2 Å². The third-order valence-corrected chi connectivity index (χ3v) is 10.6. The number of esters is 1. The lowest BCUT2D eigenvalue weighted by atomic mass is 9.93. The SMILES string of the molecule is CCCCCCCCCCCCCCCCCC(=O)Oc1c(C)cc(C(C)CC)cc1CSCCC(F)(F)C(F)(F)C(F)(F)C(F)(F)C(F)(F)C(F)(F)F. The Morgan fingerprint density at radius 2 is 1.09 bits per heavy atom. The monoisotopic (exact) mass is 822 g/mol. The van der Waals surface area contributed by atoms with Crippen LogP contribution in [0.2, 0.25) is 0 Å². The van der Waals surface area contributed by atoms with Crippen LogP contribution in [0.3, 0.4) is 0 Å². The van der Waals surface area contributed by atoms with E-state index >= 15 is 0 Å². The third-order valence-electron chi connectivity index (χ3n) is 9.57. The molecule has 1 atom stereocenters. The van der Waals surface area contributed by atoms with Crippen molar-refractivity contribution in [1.82, 2.24) is 0 Å². The third kappa shape index (κ3) is 13.7. The highest BCUT2D eigenvalue weighted by Crippen LogP contribution is 2.60. The number of carbonyl (C=O) groups is 1. The van der Waals surface area contributed by atoms with Crippen LogP contribution in [0.25, 0.3) is 0 Å². The molecule has 1 aromatic rings. The molecule has 0 aliphatic heterocycles. The number of benzene rings is 1. The second-order valence-corrected chi connectivity index (χ2v) is 15.2. The van der Waals surface area contributed by atoms with Gasteiger partial charge in [-0.25, -0.2) is 0 Å².